The van der Waals surface area contributed by atoms with Crippen molar-refractivity contribution in [3.8, 4) is 33.9 Å². The Bertz CT molecular complexity index is 1650. The molecule has 2 heterocycles. The molecule has 0 aliphatic carbocycles. The molecule has 188 valence electrons. The molecule has 0 spiro atoms. The number of carbonyl (C=O) groups excluding carboxylic acids is 1. The number of alkyl halides is 3. The van der Waals surface area contributed by atoms with Crippen molar-refractivity contribution in [2.45, 2.75) is 6.18 Å². The number of nitrogens with one attached hydrogen (secondary N) is 1. The molecule has 6 nitrogen and oxygen atoms in total. The van der Waals surface area contributed by atoms with Gasteiger partial charge in [-0.2, -0.15) is 13.2 Å². The third-order valence-corrected chi connectivity index (χ3v) is 5.69. The van der Waals surface area contributed by atoms with E-state index in [-0.39, 0.29) is 17.5 Å². The summed E-state index contributed by atoms with van der Waals surface area (Å²) in [6.07, 6.45) is 1.49. The van der Waals surface area contributed by atoms with E-state index in [1.807, 2.05) is 30.3 Å². The molecule has 38 heavy (non-hydrogen) atoms. The molecule has 0 saturated heterocycles. The number of aromatic nitrogens is 3. The maximum absolute atomic E-state index is 13.0. The highest BCUT2D eigenvalue weighted by molar-refractivity contribution is 6.01. The first-order valence-electron chi connectivity index (χ1n) is 11.4. The summed E-state index contributed by atoms with van der Waals surface area (Å²) in [5, 5.41) is 3.55. The van der Waals surface area contributed by atoms with Crippen molar-refractivity contribution < 1.29 is 22.7 Å². The average Bonchev–Trinajstić information content (AvgIpc) is 2.92. The van der Waals surface area contributed by atoms with Crippen LogP contribution < -0.4 is 10.1 Å². The van der Waals surface area contributed by atoms with Gasteiger partial charge in [0.15, 0.2) is 0 Å². The number of benzene rings is 3. The van der Waals surface area contributed by atoms with Gasteiger partial charge in [-0.15, -0.1) is 0 Å². The topological polar surface area (TPSA) is 77.0 Å². The number of halogens is 3. The van der Waals surface area contributed by atoms with Crippen molar-refractivity contribution in [3.63, 3.8) is 0 Å². The molecule has 0 bridgehead atoms. The molecule has 0 aliphatic rings. The minimum absolute atomic E-state index is 0.0358. The molecular weight excluding hydrogens is 493 g/mol. The van der Waals surface area contributed by atoms with Gasteiger partial charge in [0.25, 0.3) is 0 Å². The van der Waals surface area contributed by atoms with Gasteiger partial charge in [0.2, 0.25) is 11.8 Å². The smallest absolute Gasteiger partial charge is 0.416 e. The zero-order valence-corrected chi connectivity index (χ0v) is 19.7. The molecule has 2 aromatic heterocycles. The molecule has 0 saturated carbocycles. The van der Waals surface area contributed by atoms with Crippen molar-refractivity contribution in [1.82, 2.24) is 15.0 Å². The molecule has 5 rings (SSSR count). The van der Waals surface area contributed by atoms with Crippen LogP contribution in [0.3, 0.4) is 0 Å². The fourth-order valence-electron chi connectivity index (χ4n) is 3.92. The summed E-state index contributed by atoms with van der Waals surface area (Å²) in [4.78, 5) is 24.7. The molecule has 5 aromatic rings. The highest BCUT2D eigenvalue weighted by atomic mass is 19.4. The number of anilines is 1. The van der Waals surface area contributed by atoms with E-state index in [1.54, 1.807) is 30.6 Å². The van der Waals surface area contributed by atoms with Crippen LogP contribution in [0.15, 0.2) is 104 Å². The first-order chi connectivity index (χ1) is 18.3. The van der Waals surface area contributed by atoms with Gasteiger partial charge in [0.1, 0.15) is 12.1 Å². The molecular formula is C29H19F3N4O2. The van der Waals surface area contributed by atoms with Gasteiger partial charge < -0.3 is 10.1 Å². The zero-order valence-electron chi connectivity index (χ0n) is 19.7. The molecule has 0 unspecified atom stereocenters. The second kappa shape index (κ2) is 10.1. The average molecular weight is 512 g/mol. The van der Waals surface area contributed by atoms with E-state index in [0.717, 1.165) is 45.3 Å². The Balaban J connectivity index is 1.48. The quantitative estimate of drug-likeness (QED) is 0.242. The SMILES string of the molecule is C=CC(=O)Nc1cccc(-c2cc(-c3ccc(Oc4cccc(C(F)(F)F)c4)nc3)cc3cncnc23)c1. The number of rotatable bonds is 6. The second-order valence-electron chi connectivity index (χ2n) is 8.27. The van der Waals surface area contributed by atoms with Gasteiger partial charge in [-0.05, 0) is 65.7 Å². The molecule has 0 radical (unpaired) electrons. The van der Waals surface area contributed by atoms with Crippen molar-refractivity contribution in [2.75, 3.05) is 5.32 Å². The standard InChI is InChI=1S/C29H19F3N4O2/c1-2-26(37)36-23-7-3-5-18(12-23)25-13-20(11-21-15-33-17-35-28(21)25)19-9-10-27(34-16-19)38-24-8-4-6-22(14-24)29(30,31)32/h2-17H,1H2,(H,36,37). The number of ether oxygens (including phenoxy) is 1. The van der Waals surface area contributed by atoms with Gasteiger partial charge in [0.05, 0.1) is 11.1 Å². The van der Waals surface area contributed by atoms with Crippen LogP contribution in [0.1, 0.15) is 5.56 Å². The first kappa shape index (κ1) is 24.6. The predicted molar refractivity (Wildman–Crippen MR) is 139 cm³/mol. The lowest BCUT2D eigenvalue weighted by molar-refractivity contribution is -0.137. The molecule has 1 N–H and O–H groups in total. The number of pyridine rings is 1. The number of hydrogen-bond acceptors (Lipinski definition) is 5. The summed E-state index contributed by atoms with van der Waals surface area (Å²) in [5.41, 5.74) is 3.76. The molecule has 0 aliphatic heterocycles. The van der Waals surface area contributed by atoms with Crippen LogP contribution >= 0.6 is 0 Å². The number of amides is 1. The lowest BCUT2D eigenvalue weighted by Crippen LogP contribution is -2.07. The molecule has 0 atom stereocenters. The Morgan fingerprint density at radius 1 is 0.895 bits per heavy atom. The van der Waals surface area contributed by atoms with E-state index < -0.39 is 11.7 Å². The maximum Gasteiger partial charge on any atom is 0.416 e. The highest BCUT2D eigenvalue weighted by Gasteiger charge is 2.30. The summed E-state index contributed by atoms with van der Waals surface area (Å²) in [7, 11) is 0. The Labute approximate surface area is 215 Å². The van der Waals surface area contributed by atoms with E-state index in [0.29, 0.717) is 5.69 Å². The van der Waals surface area contributed by atoms with Crippen LogP contribution in [0.4, 0.5) is 18.9 Å². The van der Waals surface area contributed by atoms with Crippen molar-refractivity contribution in [2.24, 2.45) is 0 Å². The fraction of sp³-hybridized carbons (Fsp3) is 0.0345. The largest absolute Gasteiger partial charge is 0.439 e. The Morgan fingerprint density at radius 3 is 2.50 bits per heavy atom. The van der Waals surface area contributed by atoms with Crippen LogP contribution in [0, 0.1) is 0 Å². The minimum Gasteiger partial charge on any atom is -0.439 e. The predicted octanol–water partition coefficient (Wildman–Crippen LogP) is 7.29. The van der Waals surface area contributed by atoms with E-state index in [4.69, 9.17) is 4.74 Å². The van der Waals surface area contributed by atoms with Crippen LogP contribution in [0.2, 0.25) is 0 Å². The van der Waals surface area contributed by atoms with Crippen LogP contribution in [-0.4, -0.2) is 20.9 Å². The fourth-order valence-corrected chi connectivity index (χ4v) is 3.92. The van der Waals surface area contributed by atoms with Gasteiger partial charge >= 0.3 is 6.18 Å². The lowest BCUT2D eigenvalue weighted by atomic mass is 9.96. The van der Waals surface area contributed by atoms with Crippen molar-refractivity contribution in [3.05, 3.63) is 110 Å². The van der Waals surface area contributed by atoms with E-state index in [2.05, 4.69) is 26.8 Å². The van der Waals surface area contributed by atoms with Crippen molar-refractivity contribution in [1.29, 1.82) is 0 Å². The van der Waals surface area contributed by atoms with Crippen LogP contribution in [-0.2, 0) is 11.0 Å². The second-order valence-corrected chi connectivity index (χ2v) is 8.27. The summed E-state index contributed by atoms with van der Waals surface area (Å²) < 4.78 is 44.6. The van der Waals surface area contributed by atoms with Crippen LogP contribution in [0.25, 0.3) is 33.2 Å². The summed E-state index contributed by atoms with van der Waals surface area (Å²) in [5.74, 6) is -0.127. The normalized spacial score (nSPS) is 11.2. The monoisotopic (exact) mass is 512 g/mol. The number of nitrogens with zero attached hydrogens (tertiary/aromatic N) is 3. The summed E-state index contributed by atoms with van der Waals surface area (Å²) >= 11 is 0. The first-order valence-corrected chi connectivity index (χ1v) is 11.4. The number of fused-ring (bicyclic) bond motifs is 1. The Hall–Kier alpha value is -5.05. The lowest BCUT2D eigenvalue weighted by Gasteiger charge is -2.12. The summed E-state index contributed by atoms with van der Waals surface area (Å²) in [6.45, 7) is 3.48. The molecule has 3 aromatic carbocycles. The summed E-state index contributed by atoms with van der Waals surface area (Å²) in [6, 6.07) is 19.2. The van der Waals surface area contributed by atoms with E-state index >= 15 is 0 Å². The molecule has 1 amide bonds. The molecule has 0 fully saturated rings. The number of carbonyl (C=O) groups is 1. The highest BCUT2D eigenvalue weighted by Crippen LogP contribution is 2.35. The number of hydrogen-bond donors (Lipinski definition) is 1. The van der Waals surface area contributed by atoms with Gasteiger partial charge in [-0.25, -0.2) is 15.0 Å². The maximum atomic E-state index is 13.0. The minimum atomic E-state index is -4.47. The van der Waals surface area contributed by atoms with E-state index in [9.17, 15) is 18.0 Å². The Kier molecular flexibility index (Phi) is 6.57. The van der Waals surface area contributed by atoms with Crippen molar-refractivity contribution >= 4 is 22.5 Å². The Morgan fingerprint density at radius 2 is 1.74 bits per heavy atom. The van der Waals surface area contributed by atoms with E-state index in [1.165, 1.54) is 24.5 Å². The third-order valence-electron chi connectivity index (χ3n) is 5.69. The molecule has 9 heteroatoms. The van der Waals surface area contributed by atoms with Crippen LogP contribution in [0.5, 0.6) is 11.6 Å². The zero-order chi connectivity index (χ0) is 26.7. The van der Waals surface area contributed by atoms with Gasteiger partial charge in [-0.1, -0.05) is 24.8 Å². The third kappa shape index (κ3) is 5.36. The van der Waals surface area contributed by atoms with Gasteiger partial charge in [-0.3, -0.25) is 4.79 Å². The van der Waals surface area contributed by atoms with Gasteiger partial charge in [0, 0.05) is 40.7 Å².